The molecule has 0 amide bonds. The second kappa shape index (κ2) is 4.66. The minimum absolute atomic E-state index is 0.0774. The lowest BCUT2D eigenvalue weighted by atomic mass is 9.94. The molecule has 2 heterocycles. The SMILES string of the molecule is C=C1C(=O)CC(c2ccncc2[N+](=O)[O-])OC1C. The van der Waals surface area contributed by atoms with Gasteiger partial charge in [-0.3, -0.25) is 19.9 Å². The van der Waals surface area contributed by atoms with Crippen LogP contribution in [0.1, 0.15) is 25.0 Å². The summed E-state index contributed by atoms with van der Waals surface area (Å²) in [6, 6.07) is 1.51. The predicted octanol–water partition coefficient (Wildman–Crippen LogP) is 1.96. The second-order valence-electron chi connectivity index (χ2n) is 4.11. The molecule has 0 aliphatic carbocycles. The summed E-state index contributed by atoms with van der Waals surface area (Å²) in [6.45, 7) is 5.35. The molecule has 1 saturated heterocycles. The van der Waals surface area contributed by atoms with Crippen LogP contribution >= 0.6 is 0 Å². The highest BCUT2D eigenvalue weighted by Crippen LogP contribution is 2.35. The normalized spacial score (nSPS) is 24.1. The van der Waals surface area contributed by atoms with Crippen LogP contribution < -0.4 is 0 Å². The van der Waals surface area contributed by atoms with Crippen LogP contribution in [0.15, 0.2) is 30.6 Å². The fourth-order valence-electron chi connectivity index (χ4n) is 1.91. The van der Waals surface area contributed by atoms with Gasteiger partial charge in [-0.05, 0) is 13.0 Å². The van der Waals surface area contributed by atoms with E-state index in [1.54, 1.807) is 6.92 Å². The second-order valence-corrected chi connectivity index (χ2v) is 4.11. The third kappa shape index (κ3) is 2.14. The standard InChI is InChI=1S/C12H12N2O4/c1-7-8(2)18-12(5-11(7)15)9-3-4-13-6-10(9)14(16)17/h3-4,6,8,12H,1,5H2,2H3. The molecule has 0 aromatic carbocycles. The monoisotopic (exact) mass is 248 g/mol. The van der Waals surface area contributed by atoms with E-state index >= 15 is 0 Å². The first kappa shape index (κ1) is 12.4. The van der Waals surface area contributed by atoms with Gasteiger partial charge in [0.15, 0.2) is 5.78 Å². The van der Waals surface area contributed by atoms with E-state index in [-0.39, 0.29) is 17.9 Å². The number of carbonyl (C=O) groups is 1. The number of aromatic nitrogens is 1. The lowest BCUT2D eigenvalue weighted by Crippen LogP contribution is -2.29. The van der Waals surface area contributed by atoms with Crippen molar-refractivity contribution in [3.05, 3.63) is 46.3 Å². The Morgan fingerprint density at radius 2 is 2.33 bits per heavy atom. The first-order valence-electron chi connectivity index (χ1n) is 5.46. The molecule has 0 radical (unpaired) electrons. The van der Waals surface area contributed by atoms with Crippen LogP contribution in [0.3, 0.4) is 0 Å². The molecular weight excluding hydrogens is 236 g/mol. The van der Waals surface area contributed by atoms with E-state index in [9.17, 15) is 14.9 Å². The van der Waals surface area contributed by atoms with Gasteiger partial charge in [-0.2, -0.15) is 0 Å². The maximum Gasteiger partial charge on any atom is 0.293 e. The molecule has 0 spiro atoms. The number of Topliss-reactive ketones (excluding diaryl/α,β-unsaturated/α-hetero) is 1. The van der Waals surface area contributed by atoms with Crippen LogP contribution in [-0.4, -0.2) is 21.8 Å². The molecule has 0 N–H and O–H groups in total. The number of nitrogens with zero attached hydrogens (tertiary/aromatic N) is 2. The average molecular weight is 248 g/mol. The molecule has 1 aromatic heterocycles. The van der Waals surface area contributed by atoms with E-state index in [0.717, 1.165) is 6.20 Å². The number of pyridine rings is 1. The van der Waals surface area contributed by atoms with Gasteiger partial charge in [0.25, 0.3) is 5.69 Å². The Kier molecular flexibility index (Phi) is 3.20. The highest BCUT2D eigenvalue weighted by atomic mass is 16.6. The van der Waals surface area contributed by atoms with Crippen LogP contribution in [0, 0.1) is 10.1 Å². The molecule has 2 rings (SSSR count). The number of rotatable bonds is 2. The summed E-state index contributed by atoms with van der Waals surface area (Å²) in [5.41, 5.74) is 0.653. The molecule has 94 valence electrons. The molecule has 0 bridgehead atoms. The number of hydrogen-bond donors (Lipinski definition) is 0. The summed E-state index contributed by atoms with van der Waals surface area (Å²) in [6.07, 6.45) is 1.65. The molecule has 18 heavy (non-hydrogen) atoms. The minimum atomic E-state index is -0.610. The van der Waals surface area contributed by atoms with Gasteiger partial charge in [0.2, 0.25) is 0 Å². The third-order valence-corrected chi connectivity index (χ3v) is 2.96. The molecule has 2 atom stereocenters. The number of hydrogen-bond acceptors (Lipinski definition) is 5. The largest absolute Gasteiger partial charge is 0.365 e. The van der Waals surface area contributed by atoms with Crippen molar-refractivity contribution in [2.75, 3.05) is 0 Å². The molecule has 0 saturated carbocycles. The van der Waals surface area contributed by atoms with Crippen molar-refractivity contribution >= 4 is 11.5 Å². The Hall–Kier alpha value is -2.08. The fourth-order valence-corrected chi connectivity index (χ4v) is 1.91. The zero-order chi connectivity index (χ0) is 13.3. The maximum absolute atomic E-state index is 11.7. The third-order valence-electron chi connectivity index (χ3n) is 2.96. The molecule has 2 unspecified atom stereocenters. The molecule has 1 aromatic rings. The van der Waals surface area contributed by atoms with Crippen molar-refractivity contribution in [2.45, 2.75) is 25.6 Å². The summed E-state index contributed by atoms with van der Waals surface area (Å²) < 4.78 is 5.59. The zero-order valence-electron chi connectivity index (χ0n) is 9.83. The van der Waals surface area contributed by atoms with E-state index in [0.29, 0.717) is 11.1 Å². The van der Waals surface area contributed by atoms with Gasteiger partial charge in [-0.15, -0.1) is 0 Å². The zero-order valence-corrected chi connectivity index (χ0v) is 9.83. The van der Waals surface area contributed by atoms with Crippen molar-refractivity contribution in [2.24, 2.45) is 0 Å². The highest BCUT2D eigenvalue weighted by Gasteiger charge is 2.33. The fraction of sp³-hybridized carbons (Fsp3) is 0.333. The first-order chi connectivity index (χ1) is 8.50. The summed E-state index contributed by atoms with van der Waals surface area (Å²) >= 11 is 0. The molecule has 1 fully saturated rings. The highest BCUT2D eigenvalue weighted by molar-refractivity contribution is 5.96. The first-order valence-corrected chi connectivity index (χ1v) is 5.46. The van der Waals surface area contributed by atoms with Gasteiger partial charge in [0, 0.05) is 18.2 Å². The molecule has 6 nitrogen and oxygen atoms in total. The van der Waals surface area contributed by atoms with Gasteiger partial charge in [-0.25, -0.2) is 0 Å². The van der Waals surface area contributed by atoms with Crippen molar-refractivity contribution in [1.29, 1.82) is 0 Å². The van der Waals surface area contributed by atoms with Gasteiger partial charge >= 0.3 is 0 Å². The van der Waals surface area contributed by atoms with E-state index in [4.69, 9.17) is 4.74 Å². The predicted molar refractivity (Wildman–Crippen MR) is 62.9 cm³/mol. The maximum atomic E-state index is 11.7. The lowest BCUT2D eigenvalue weighted by Gasteiger charge is -2.28. The molecule has 1 aliphatic heterocycles. The van der Waals surface area contributed by atoms with Gasteiger partial charge in [0.1, 0.15) is 6.20 Å². The van der Waals surface area contributed by atoms with Crippen molar-refractivity contribution in [3.8, 4) is 0 Å². The Balaban J connectivity index is 2.35. The van der Waals surface area contributed by atoms with Crippen LogP contribution in [0.5, 0.6) is 0 Å². The van der Waals surface area contributed by atoms with Crippen molar-refractivity contribution in [1.82, 2.24) is 4.98 Å². The quantitative estimate of drug-likeness (QED) is 0.454. The topological polar surface area (TPSA) is 82.3 Å². The molecular formula is C12H12N2O4. The van der Waals surface area contributed by atoms with E-state index in [1.165, 1.54) is 12.3 Å². The number of carbonyl (C=O) groups excluding carboxylic acids is 1. The van der Waals surface area contributed by atoms with Crippen LogP contribution in [-0.2, 0) is 9.53 Å². The number of ether oxygens (including phenoxy) is 1. The Bertz CT molecular complexity index is 527. The molecule has 6 heteroatoms. The lowest BCUT2D eigenvalue weighted by molar-refractivity contribution is -0.386. The minimum Gasteiger partial charge on any atom is -0.365 e. The summed E-state index contributed by atoms with van der Waals surface area (Å²) in [5.74, 6) is -0.120. The Labute approximate surface area is 103 Å². The van der Waals surface area contributed by atoms with Crippen LogP contribution in [0.25, 0.3) is 0 Å². The number of ketones is 1. The Morgan fingerprint density at radius 3 is 2.94 bits per heavy atom. The number of nitro groups is 1. The van der Waals surface area contributed by atoms with Crippen LogP contribution in [0.4, 0.5) is 5.69 Å². The summed E-state index contributed by atoms with van der Waals surface area (Å²) in [4.78, 5) is 25.8. The van der Waals surface area contributed by atoms with Crippen molar-refractivity contribution < 1.29 is 14.5 Å². The van der Waals surface area contributed by atoms with E-state index in [1.807, 2.05) is 0 Å². The van der Waals surface area contributed by atoms with Crippen LogP contribution in [0.2, 0.25) is 0 Å². The molecule has 1 aliphatic rings. The smallest absolute Gasteiger partial charge is 0.293 e. The van der Waals surface area contributed by atoms with Gasteiger partial charge < -0.3 is 4.74 Å². The van der Waals surface area contributed by atoms with E-state index < -0.39 is 17.1 Å². The van der Waals surface area contributed by atoms with Gasteiger partial charge in [-0.1, -0.05) is 6.58 Å². The summed E-state index contributed by atoms with van der Waals surface area (Å²) in [7, 11) is 0. The van der Waals surface area contributed by atoms with E-state index in [2.05, 4.69) is 11.6 Å². The average Bonchev–Trinajstić information content (AvgIpc) is 2.35. The van der Waals surface area contributed by atoms with Crippen molar-refractivity contribution in [3.63, 3.8) is 0 Å². The van der Waals surface area contributed by atoms with Gasteiger partial charge in [0.05, 0.1) is 22.7 Å². The summed E-state index contributed by atoms with van der Waals surface area (Å²) in [5, 5.41) is 10.9. The Morgan fingerprint density at radius 1 is 1.61 bits per heavy atom.